The van der Waals surface area contributed by atoms with Gasteiger partial charge in [0.2, 0.25) is 11.8 Å². The summed E-state index contributed by atoms with van der Waals surface area (Å²) in [6, 6.07) is 7.49. The quantitative estimate of drug-likeness (QED) is 0.889. The number of hydrogen-bond acceptors (Lipinski definition) is 3. The first-order valence-electron chi connectivity index (χ1n) is 10.4. The number of benzene rings is 1. The summed E-state index contributed by atoms with van der Waals surface area (Å²) in [5, 5.41) is 9.97. The van der Waals surface area contributed by atoms with Crippen LogP contribution in [0, 0.1) is 5.41 Å². The molecule has 1 aliphatic carbocycles. The number of para-hydroxylation sites is 1. The van der Waals surface area contributed by atoms with Crippen LogP contribution >= 0.6 is 0 Å². The van der Waals surface area contributed by atoms with Crippen LogP contribution in [-0.2, 0) is 16.0 Å². The molecule has 0 unspecified atom stereocenters. The third kappa shape index (κ3) is 3.83. The summed E-state index contributed by atoms with van der Waals surface area (Å²) in [5.74, 6) is 0.582. The van der Waals surface area contributed by atoms with Gasteiger partial charge in [0.05, 0.1) is 6.42 Å². The van der Waals surface area contributed by atoms with Gasteiger partial charge in [0.15, 0.2) is 0 Å². The zero-order chi connectivity index (χ0) is 18.9. The van der Waals surface area contributed by atoms with Gasteiger partial charge in [-0.15, -0.1) is 0 Å². The lowest BCUT2D eigenvalue weighted by atomic mass is 9.73. The summed E-state index contributed by atoms with van der Waals surface area (Å²) in [6.07, 6.45) is 8.60. The Morgan fingerprint density at radius 3 is 2.67 bits per heavy atom. The number of likely N-dealkylation sites (tertiary alicyclic amines) is 2. The lowest BCUT2D eigenvalue weighted by molar-refractivity contribution is -0.145. The highest BCUT2D eigenvalue weighted by Crippen LogP contribution is 2.41. The molecule has 2 amide bonds. The molecular weight excluding hydrogens is 340 g/mol. The monoisotopic (exact) mass is 370 g/mol. The van der Waals surface area contributed by atoms with Crippen molar-refractivity contribution in [1.29, 1.82) is 0 Å². The summed E-state index contributed by atoms with van der Waals surface area (Å²) in [6.45, 7) is 2.35. The second-order valence-corrected chi connectivity index (χ2v) is 8.68. The van der Waals surface area contributed by atoms with E-state index >= 15 is 0 Å². The number of aromatic hydroxyl groups is 1. The van der Waals surface area contributed by atoms with Crippen LogP contribution < -0.4 is 0 Å². The maximum Gasteiger partial charge on any atom is 0.227 e. The smallest absolute Gasteiger partial charge is 0.227 e. The van der Waals surface area contributed by atoms with Gasteiger partial charge in [0.25, 0.3) is 0 Å². The number of rotatable bonds is 3. The normalized spacial score (nSPS) is 26.7. The van der Waals surface area contributed by atoms with Gasteiger partial charge in [-0.2, -0.15) is 0 Å². The molecule has 2 saturated heterocycles. The van der Waals surface area contributed by atoms with Gasteiger partial charge in [-0.3, -0.25) is 9.59 Å². The molecule has 1 aromatic rings. The van der Waals surface area contributed by atoms with Gasteiger partial charge in [-0.1, -0.05) is 31.0 Å². The van der Waals surface area contributed by atoms with E-state index in [2.05, 4.69) is 4.90 Å². The number of nitrogens with zero attached hydrogens (tertiary/aromatic N) is 2. The van der Waals surface area contributed by atoms with Crippen molar-refractivity contribution in [3.05, 3.63) is 29.8 Å². The van der Waals surface area contributed by atoms with Crippen LogP contribution in [0.1, 0.15) is 56.9 Å². The number of phenolic OH excluding ortho intramolecular Hbond substituents is 1. The van der Waals surface area contributed by atoms with E-state index in [-0.39, 0.29) is 23.5 Å². The maximum atomic E-state index is 12.9. The minimum absolute atomic E-state index is 0.0587. The van der Waals surface area contributed by atoms with E-state index < -0.39 is 0 Å². The molecule has 3 fully saturated rings. The van der Waals surface area contributed by atoms with E-state index in [9.17, 15) is 14.7 Å². The highest BCUT2D eigenvalue weighted by Gasteiger charge is 2.44. The first-order chi connectivity index (χ1) is 13.1. The zero-order valence-corrected chi connectivity index (χ0v) is 16.0. The van der Waals surface area contributed by atoms with E-state index in [1.165, 1.54) is 12.8 Å². The molecule has 0 aromatic heterocycles. The van der Waals surface area contributed by atoms with Crippen molar-refractivity contribution >= 4 is 11.8 Å². The van der Waals surface area contributed by atoms with Crippen molar-refractivity contribution < 1.29 is 14.7 Å². The van der Waals surface area contributed by atoms with Crippen LogP contribution in [0.3, 0.4) is 0 Å². The molecule has 5 heteroatoms. The van der Waals surface area contributed by atoms with E-state index in [0.717, 1.165) is 51.7 Å². The van der Waals surface area contributed by atoms with Crippen LogP contribution in [-0.4, -0.2) is 52.4 Å². The van der Waals surface area contributed by atoms with Crippen LogP contribution in [0.4, 0.5) is 0 Å². The van der Waals surface area contributed by atoms with Gasteiger partial charge >= 0.3 is 0 Å². The molecule has 1 atom stereocenters. The van der Waals surface area contributed by atoms with Gasteiger partial charge in [-0.25, -0.2) is 0 Å². The van der Waals surface area contributed by atoms with E-state index in [1.807, 2.05) is 17.0 Å². The third-order valence-corrected chi connectivity index (χ3v) is 6.81. The molecule has 2 heterocycles. The van der Waals surface area contributed by atoms with Crippen LogP contribution in [0.5, 0.6) is 5.75 Å². The number of phenols is 1. The molecule has 27 heavy (non-hydrogen) atoms. The van der Waals surface area contributed by atoms with Gasteiger partial charge < -0.3 is 14.9 Å². The highest BCUT2D eigenvalue weighted by atomic mass is 16.3. The molecule has 0 radical (unpaired) electrons. The van der Waals surface area contributed by atoms with E-state index in [4.69, 9.17) is 0 Å². The average molecular weight is 370 g/mol. The minimum atomic E-state index is 0.0587. The topological polar surface area (TPSA) is 60.9 Å². The predicted octanol–water partition coefficient (Wildman–Crippen LogP) is 3.11. The van der Waals surface area contributed by atoms with E-state index in [1.54, 1.807) is 12.1 Å². The maximum absolute atomic E-state index is 12.9. The second kappa shape index (κ2) is 7.53. The summed E-state index contributed by atoms with van der Waals surface area (Å²) in [7, 11) is 0. The van der Waals surface area contributed by atoms with Crippen molar-refractivity contribution in [2.45, 2.75) is 63.8 Å². The molecule has 4 rings (SSSR count). The average Bonchev–Trinajstić information content (AvgIpc) is 3.20. The lowest BCUT2D eigenvalue weighted by Gasteiger charge is -2.49. The van der Waals surface area contributed by atoms with Crippen molar-refractivity contribution in [1.82, 2.24) is 9.80 Å². The Bertz CT molecular complexity index is 713. The Hall–Kier alpha value is -2.04. The first-order valence-corrected chi connectivity index (χ1v) is 10.4. The van der Waals surface area contributed by atoms with Crippen molar-refractivity contribution in [2.75, 3.05) is 19.6 Å². The zero-order valence-electron chi connectivity index (χ0n) is 16.0. The number of carbonyl (C=O) groups excluding carboxylic acids is 2. The van der Waals surface area contributed by atoms with Gasteiger partial charge in [0, 0.05) is 43.1 Å². The number of piperidine rings is 2. The Morgan fingerprint density at radius 1 is 1.11 bits per heavy atom. The second-order valence-electron chi connectivity index (χ2n) is 8.68. The van der Waals surface area contributed by atoms with E-state index in [0.29, 0.717) is 23.9 Å². The molecule has 3 aliphatic rings. The summed E-state index contributed by atoms with van der Waals surface area (Å²) in [5.41, 5.74) is 0.747. The predicted molar refractivity (Wildman–Crippen MR) is 103 cm³/mol. The Morgan fingerprint density at radius 2 is 1.89 bits per heavy atom. The summed E-state index contributed by atoms with van der Waals surface area (Å²) >= 11 is 0. The molecular formula is C22H30N2O3. The number of hydrogen-bond donors (Lipinski definition) is 1. The highest BCUT2D eigenvalue weighted by molar-refractivity contribution is 5.80. The largest absolute Gasteiger partial charge is 0.508 e. The number of carbonyl (C=O) groups is 2. The molecule has 2 aliphatic heterocycles. The fraction of sp³-hybridized carbons (Fsp3) is 0.636. The molecule has 1 saturated carbocycles. The first kappa shape index (κ1) is 18.3. The van der Waals surface area contributed by atoms with Crippen LogP contribution in [0.2, 0.25) is 0 Å². The minimum Gasteiger partial charge on any atom is -0.508 e. The lowest BCUT2D eigenvalue weighted by Crippen LogP contribution is -2.57. The van der Waals surface area contributed by atoms with Crippen LogP contribution in [0.25, 0.3) is 0 Å². The molecule has 1 aromatic carbocycles. The summed E-state index contributed by atoms with van der Waals surface area (Å²) < 4.78 is 0. The van der Waals surface area contributed by atoms with Gasteiger partial charge in [-0.05, 0) is 38.2 Å². The standard InChI is InChI=1S/C22H30N2O3/c25-19-9-4-1-6-17(19)14-21(27)23-13-5-11-22(15-23)12-10-20(26)24(16-22)18-7-2-3-8-18/h1,4,6,9,18,25H,2-3,5,7-8,10-16H2/t22-/m1/s1. The van der Waals surface area contributed by atoms with Crippen molar-refractivity contribution in [3.8, 4) is 5.75 Å². The molecule has 1 N–H and O–H groups in total. The SMILES string of the molecule is O=C(Cc1ccccc1O)N1CCC[C@@]2(CCC(=O)N(C3CCCC3)C2)C1. The Kier molecular flexibility index (Phi) is 5.11. The molecule has 1 spiro atoms. The fourth-order valence-electron chi connectivity index (χ4n) is 5.28. The fourth-order valence-corrected chi connectivity index (χ4v) is 5.28. The molecule has 0 bridgehead atoms. The molecule has 5 nitrogen and oxygen atoms in total. The third-order valence-electron chi connectivity index (χ3n) is 6.81. The van der Waals surface area contributed by atoms with Crippen LogP contribution in [0.15, 0.2) is 24.3 Å². The summed E-state index contributed by atoms with van der Waals surface area (Å²) in [4.78, 5) is 29.5. The Balaban J connectivity index is 1.44. The van der Waals surface area contributed by atoms with Crippen molar-refractivity contribution in [2.24, 2.45) is 5.41 Å². The van der Waals surface area contributed by atoms with Crippen molar-refractivity contribution in [3.63, 3.8) is 0 Å². The van der Waals surface area contributed by atoms with Gasteiger partial charge in [0.1, 0.15) is 5.75 Å². The number of amides is 2. The Labute approximate surface area is 161 Å². The molecule has 146 valence electrons.